The largest absolute Gasteiger partial charge is 0.481 e. The monoisotopic (exact) mass is 290 g/mol. The number of hydrogen-bond acceptors (Lipinski definition) is 4. The van der Waals surface area contributed by atoms with Crippen molar-refractivity contribution in [2.45, 2.75) is 39.3 Å². The van der Waals surface area contributed by atoms with Gasteiger partial charge in [0, 0.05) is 0 Å². The molecule has 0 aromatic heterocycles. The molecule has 1 amide bonds. The van der Waals surface area contributed by atoms with E-state index < -0.39 is 6.04 Å². The van der Waals surface area contributed by atoms with E-state index in [0.29, 0.717) is 13.0 Å². The fourth-order valence-corrected chi connectivity index (χ4v) is 1.51. The summed E-state index contributed by atoms with van der Waals surface area (Å²) in [6.07, 6.45) is 0.353. The number of carbonyl (C=O) groups excluding carboxylic acids is 1. The molecule has 5 heteroatoms. The van der Waals surface area contributed by atoms with Crippen LogP contribution in [0.4, 0.5) is 0 Å². The summed E-state index contributed by atoms with van der Waals surface area (Å²) >= 11 is 0. The zero-order valence-electron chi connectivity index (χ0n) is 12.7. The first-order chi connectivity index (χ1) is 10.0. The molecule has 0 spiro atoms. The van der Waals surface area contributed by atoms with Crippen LogP contribution in [0.15, 0.2) is 24.3 Å². The Labute approximate surface area is 125 Å². The van der Waals surface area contributed by atoms with Crippen molar-refractivity contribution in [2.24, 2.45) is 5.73 Å². The quantitative estimate of drug-likeness (QED) is 0.588. The van der Waals surface area contributed by atoms with Gasteiger partial charge in [-0.3, -0.25) is 9.63 Å². The maximum absolute atomic E-state index is 11.7. The van der Waals surface area contributed by atoms with Gasteiger partial charge in [-0.15, -0.1) is 5.92 Å². The average molecular weight is 290 g/mol. The molecule has 0 unspecified atom stereocenters. The Morgan fingerprint density at radius 3 is 2.57 bits per heavy atom. The van der Waals surface area contributed by atoms with Crippen LogP contribution in [0.3, 0.4) is 0 Å². The summed E-state index contributed by atoms with van der Waals surface area (Å²) in [5.74, 6) is 5.99. The van der Waals surface area contributed by atoms with Crippen LogP contribution in [0, 0.1) is 11.8 Å². The van der Waals surface area contributed by atoms with E-state index in [0.717, 1.165) is 11.3 Å². The van der Waals surface area contributed by atoms with Crippen LogP contribution in [0.5, 0.6) is 5.75 Å². The number of amides is 1. The molecule has 0 heterocycles. The van der Waals surface area contributed by atoms with Gasteiger partial charge in [-0.2, -0.15) is 0 Å². The molecule has 1 aromatic rings. The van der Waals surface area contributed by atoms with Gasteiger partial charge in [-0.1, -0.05) is 18.1 Å². The van der Waals surface area contributed by atoms with Gasteiger partial charge in [-0.25, -0.2) is 5.48 Å². The molecule has 21 heavy (non-hydrogen) atoms. The summed E-state index contributed by atoms with van der Waals surface area (Å²) in [6.45, 7) is 5.78. The van der Waals surface area contributed by atoms with E-state index in [1.54, 1.807) is 6.92 Å². The number of benzene rings is 1. The van der Waals surface area contributed by atoms with Crippen molar-refractivity contribution in [1.29, 1.82) is 0 Å². The molecule has 0 aliphatic rings. The fraction of sp³-hybridized carbons (Fsp3) is 0.438. The van der Waals surface area contributed by atoms with Crippen molar-refractivity contribution >= 4 is 5.91 Å². The highest BCUT2D eigenvalue weighted by molar-refractivity contribution is 5.80. The van der Waals surface area contributed by atoms with Crippen LogP contribution < -0.4 is 16.0 Å². The Morgan fingerprint density at radius 1 is 1.33 bits per heavy atom. The van der Waals surface area contributed by atoms with Gasteiger partial charge in [0.05, 0.1) is 12.1 Å². The standard InChI is InChI=1S/C16H22N2O3/c1-4-5-10-20-14-8-6-13(7-9-14)11-15(17)16(19)18-21-12(2)3/h6-9,12,15H,10-11,17H2,1-3H3,(H,18,19)/t15-/m0/s1. The van der Waals surface area contributed by atoms with Gasteiger partial charge in [-0.05, 0) is 44.9 Å². The lowest BCUT2D eigenvalue weighted by atomic mass is 10.1. The molecule has 1 aromatic carbocycles. The highest BCUT2D eigenvalue weighted by Crippen LogP contribution is 2.13. The fourth-order valence-electron chi connectivity index (χ4n) is 1.51. The SMILES string of the molecule is CC#CCOc1ccc(C[C@H](N)C(=O)NOC(C)C)cc1. The minimum Gasteiger partial charge on any atom is -0.481 e. The number of hydrogen-bond donors (Lipinski definition) is 2. The summed E-state index contributed by atoms with van der Waals surface area (Å²) in [4.78, 5) is 16.7. The van der Waals surface area contributed by atoms with Crippen molar-refractivity contribution in [2.75, 3.05) is 6.61 Å². The maximum atomic E-state index is 11.7. The summed E-state index contributed by atoms with van der Waals surface area (Å²) in [5.41, 5.74) is 9.13. The first-order valence-corrected chi connectivity index (χ1v) is 6.85. The van der Waals surface area contributed by atoms with E-state index >= 15 is 0 Å². The molecular weight excluding hydrogens is 268 g/mol. The van der Waals surface area contributed by atoms with Gasteiger partial charge in [0.2, 0.25) is 0 Å². The van der Waals surface area contributed by atoms with Gasteiger partial charge in [0.1, 0.15) is 12.4 Å². The van der Waals surface area contributed by atoms with E-state index in [1.807, 2.05) is 38.1 Å². The topological polar surface area (TPSA) is 73.6 Å². The minimum absolute atomic E-state index is 0.0798. The molecule has 0 bridgehead atoms. The Bertz CT molecular complexity index is 500. The van der Waals surface area contributed by atoms with E-state index in [2.05, 4.69) is 17.3 Å². The number of hydroxylamine groups is 1. The third-order valence-electron chi connectivity index (χ3n) is 2.60. The molecule has 1 rings (SSSR count). The van der Waals surface area contributed by atoms with Crippen LogP contribution in [-0.2, 0) is 16.1 Å². The molecule has 0 aliphatic carbocycles. The number of ether oxygens (including phenoxy) is 1. The van der Waals surface area contributed by atoms with Crippen molar-refractivity contribution in [3.05, 3.63) is 29.8 Å². The lowest BCUT2D eigenvalue weighted by molar-refractivity contribution is -0.138. The Kier molecular flexibility index (Phi) is 7.30. The summed E-state index contributed by atoms with van der Waals surface area (Å²) in [6, 6.07) is 6.78. The van der Waals surface area contributed by atoms with Crippen LogP contribution in [-0.4, -0.2) is 24.7 Å². The second-order valence-electron chi connectivity index (χ2n) is 4.80. The average Bonchev–Trinajstić information content (AvgIpc) is 2.46. The Morgan fingerprint density at radius 2 is 2.00 bits per heavy atom. The predicted octanol–water partition coefficient (Wildman–Crippen LogP) is 1.41. The lowest BCUT2D eigenvalue weighted by Gasteiger charge is -2.14. The number of rotatable bonds is 7. The summed E-state index contributed by atoms with van der Waals surface area (Å²) < 4.78 is 5.41. The molecule has 0 fully saturated rings. The smallest absolute Gasteiger partial charge is 0.260 e. The zero-order chi connectivity index (χ0) is 15.7. The molecule has 114 valence electrons. The minimum atomic E-state index is -0.651. The summed E-state index contributed by atoms with van der Waals surface area (Å²) in [7, 11) is 0. The Balaban J connectivity index is 2.46. The van der Waals surface area contributed by atoms with Crippen LogP contribution in [0.1, 0.15) is 26.3 Å². The number of carbonyl (C=O) groups is 1. The second-order valence-corrected chi connectivity index (χ2v) is 4.80. The van der Waals surface area contributed by atoms with Crippen molar-refractivity contribution in [3.8, 4) is 17.6 Å². The van der Waals surface area contributed by atoms with Crippen molar-refractivity contribution < 1.29 is 14.4 Å². The maximum Gasteiger partial charge on any atom is 0.260 e. The Hall–Kier alpha value is -2.03. The first kappa shape index (κ1) is 17.0. The number of nitrogens with two attached hydrogens (primary N) is 1. The predicted molar refractivity (Wildman–Crippen MR) is 81.4 cm³/mol. The second kappa shape index (κ2) is 9.01. The molecule has 3 N–H and O–H groups in total. The van der Waals surface area contributed by atoms with Crippen molar-refractivity contribution in [1.82, 2.24) is 5.48 Å². The molecule has 0 saturated heterocycles. The van der Waals surface area contributed by atoms with E-state index in [-0.39, 0.29) is 12.0 Å². The normalized spacial score (nSPS) is 11.5. The van der Waals surface area contributed by atoms with Crippen LogP contribution >= 0.6 is 0 Å². The molecule has 0 saturated carbocycles. The molecule has 0 aliphatic heterocycles. The van der Waals surface area contributed by atoms with Crippen molar-refractivity contribution in [3.63, 3.8) is 0 Å². The van der Waals surface area contributed by atoms with Gasteiger partial charge in [0.15, 0.2) is 0 Å². The van der Waals surface area contributed by atoms with E-state index in [4.69, 9.17) is 15.3 Å². The lowest BCUT2D eigenvalue weighted by Crippen LogP contribution is -2.42. The molecule has 0 radical (unpaired) electrons. The van der Waals surface area contributed by atoms with Gasteiger partial charge in [0.25, 0.3) is 5.91 Å². The highest BCUT2D eigenvalue weighted by atomic mass is 16.7. The van der Waals surface area contributed by atoms with E-state index in [1.165, 1.54) is 0 Å². The zero-order valence-corrected chi connectivity index (χ0v) is 12.7. The molecular formula is C16H22N2O3. The van der Waals surface area contributed by atoms with Gasteiger partial charge < -0.3 is 10.5 Å². The third kappa shape index (κ3) is 6.80. The van der Waals surface area contributed by atoms with Crippen LogP contribution in [0.2, 0.25) is 0 Å². The number of nitrogens with one attached hydrogen (secondary N) is 1. The first-order valence-electron chi connectivity index (χ1n) is 6.85. The van der Waals surface area contributed by atoms with Gasteiger partial charge >= 0.3 is 0 Å². The van der Waals surface area contributed by atoms with E-state index in [9.17, 15) is 4.79 Å². The molecule has 1 atom stereocenters. The molecule has 5 nitrogen and oxygen atoms in total. The third-order valence-corrected chi connectivity index (χ3v) is 2.60. The highest BCUT2D eigenvalue weighted by Gasteiger charge is 2.14. The summed E-state index contributed by atoms with van der Waals surface area (Å²) in [5, 5.41) is 0. The van der Waals surface area contributed by atoms with Crippen LogP contribution in [0.25, 0.3) is 0 Å².